The van der Waals surface area contributed by atoms with Crippen LogP contribution in [0.15, 0.2) is 18.2 Å². The molecule has 1 aliphatic rings. The van der Waals surface area contributed by atoms with Gasteiger partial charge in [-0.1, -0.05) is 12.8 Å². The first kappa shape index (κ1) is 12.9. The molecule has 2 atom stereocenters. The number of benzene rings is 1. The van der Waals surface area contributed by atoms with Crippen molar-refractivity contribution in [3.8, 4) is 11.8 Å². The van der Waals surface area contributed by atoms with E-state index in [-0.39, 0.29) is 12.1 Å². The number of nitriles is 1. The van der Waals surface area contributed by atoms with Gasteiger partial charge in [0.1, 0.15) is 11.9 Å². The van der Waals surface area contributed by atoms with Crippen molar-refractivity contribution in [2.75, 3.05) is 0 Å². The Labute approximate surface area is 109 Å². The van der Waals surface area contributed by atoms with E-state index in [9.17, 15) is 0 Å². The van der Waals surface area contributed by atoms with Gasteiger partial charge in [-0.15, -0.1) is 0 Å². The van der Waals surface area contributed by atoms with Crippen LogP contribution in [0.5, 0.6) is 5.75 Å². The molecule has 1 aromatic carbocycles. The summed E-state index contributed by atoms with van der Waals surface area (Å²) in [5.41, 5.74) is 7.80. The first-order chi connectivity index (χ1) is 8.70. The van der Waals surface area contributed by atoms with Crippen molar-refractivity contribution in [1.82, 2.24) is 0 Å². The molecule has 0 radical (unpaired) electrons. The Morgan fingerprint density at radius 1 is 1.28 bits per heavy atom. The van der Waals surface area contributed by atoms with Gasteiger partial charge in [0.15, 0.2) is 0 Å². The lowest BCUT2D eigenvalue weighted by Crippen LogP contribution is -2.37. The molecule has 0 aromatic heterocycles. The third-order valence-corrected chi connectivity index (χ3v) is 3.61. The number of nitrogens with two attached hydrogens (primary N) is 1. The van der Waals surface area contributed by atoms with Crippen LogP contribution in [-0.2, 0) is 0 Å². The van der Waals surface area contributed by atoms with Crippen molar-refractivity contribution >= 4 is 0 Å². The third-order valence-electron chi connectivity index (χ3n) is 3.61. The van der Waals surface area contributed by atoms with Gasteiger partial charge in [0.2, 0.25) is 0 Å². The van der Waals surface area contributed by atoms with E-state index >= 15 is 0 Å². The minimum absolute atomic E-state index is 0.111. The van der Waals surface area contributed by atoms with Crippen LogP contribution >= 0.6 is 0 Å². The summed E-state index contributed by atoms with van der Waals surface area (Å²) in [7, 11) is 0. The highest BCUT2D eigenvalue weighted by atomic mass is 16.5. The molecule has 0 amide bonds. The Morgan fingerprint density at radius 3 is 2.78 bits per heavy atom. The minimum Gasteiger partial charge on any atom is -0.489 e. The predicted octanol–water partition coefficient (Wildman–Crippen LogP) is 2.91. The fourth-order valence-corrected chi connectivity index (χ4v) is 2.46. The molecule has 2 rings (SSSR count). The fraction of sp³-hybridized carbons (Fsp3) is 0.533. The second-order valence-corrected chi connectivity index (χ2v) is 5.05. The van der Waals surface area contributed by atoms with E-state index in [4.69, 9.17) is 15.7 Å². The van der Waals surface area contributed by atoms with Gasteiger partial charge in [0.25, 0.3) is 0 Å². The maximum absolute atomic E-state index is 8.90. The summed E-state index contributed by atoms with van der Waals surface area (Å²) in [5, 5.41) is 8.90. The van der Waals surface area contributed by atoms with Crippen molar-refractivity contribution in [3.63, 3.8) is 0 Å². The van der Waals surface area contributed by atoms with Crippen molar-refractivity contribution in [2.45, 2.75) is 51.2 Å². The number of ether oxygens (including phenoxy) is 1. The SMILES string of the molecule is Cc1cc(OC2CCCCCC2N)ccc1C#N. The molecule has 3 heteroatoms. The molecule has 96 valence electrons. The molecule has 0 heterocycles. The summed E-state index contributed by atoms with van der Waals surface area (Å²) in [6.07, 6.45) is 5.82. The largest absolute Gasteiger partial charge is 0.489 e. The molecule has 1 saturated carbocycles. The van der Waals surface area contributed by atoms with Gasteiger partial charge in [-0.05, 0) is 49.9 Å². The van der Waals surface area contributed by atoms with E-state index in [0.29, 0.717) is 5.56 Å². The first-order valence-corrected chi connectivity index (χ1v) is 6.63. The van der Waals surface area contributed by atoms with Gasteiger partial charge in [0.05, 0.1) is 11.6 Å². The van der Waals surface area contributed by atoms with E-state index < -0.39 is 0 Å². The zero-order chi connectivity index (χ0) is 13.0. The Bertz CT molecular complexity index is 450. The Kier molecular flexibility index (Phi) is 4.22. The van der Waals surface area contributed by atoms with E-state index in [2.05, 4.69) is 6.07 Å². The number of hydrogen-bond donors (Lipinski definition) is 1. The zero-order valence-electron chi connectivity index (χ0n) is 10.9. The van der Waals surface area contributed by atoms with E-state index in [1.54, 1.807) is 0 Å². The average molecular weight is 244 g/mol. The fourth-order valence-electron chi connectivity index (χ4n) is 2.46. The van der Waals surface area contributed by atoms with Crippen LogP contribution < -0.4 is 10.5 Å². The van der Waals surface area contributed by atoms with E-state index in [1.165, 1.54) is 19.3 Å². The summed E-state index contributed by atoms with van der Waals surface area (Å²) in [5.74, 6) is 0.828. The molecule has 2 N–H and O–H groups in total. The van der Waals surface area contributed by atoms with Crippen molar-refractivity contribution in [2.24, 2.45) is 5.73 Å². The normalized spacial score (nSPS) is 24.1. The lowest BCUT2D eigenvalue weighted by atomic mass is 10.1. The highest BCUT2D eigenvalue weighted by Gasteiger charge is 2.22. The molecule has 1 fully saturated rings. The summed E-state index contributed by atoms with van der Waals surface area (Å²) in [4.78, 5) is 0. The Balaban J connectivity index is 2.08. The van der Waals surface area contributed by atoms with Crippen LogP contribution in [0.25, 0.3) is 0 Å². The van der Waals surface area contributed by atoms with Crippen molar-refractivity contribution in [3.05, 3.63) is 29.3 Å². The van der Waals surface area contributed by atoms with Gasteiger partial charge in [-0.25, -0.2) is 0 Å². The van der Waals surface area contributed by atoms with Gasteiger partial charge in [-0.3, -0.25) is 0 Å². The summed E-state index contributed by atoms with van der Waals surface area (Å²) >= 11 is 0. The molecular formula is C15H20N2O. The lowest BCUT2D eigenvalue weighted by Gasteiger charge is -2.23. The second kappa shape index (κ2) is 5.88. The second-order valence-electron chi connectivity index (χ2n) is 5.05. The smallest absolute Gasteiger partial charge is 0.120 e. The number of aryl methyl sites for hydroxylation is 1. The molecule has 1 aromatic rings. The molecule has 0 saturated heterocycles. The maximum atomic E-state index is 8.90. The number of rotatable bonds is 2. The Hall–Kier alpha value is -1.53. The standard InChI is InChI=1S/C15H20N2O/c1-11-9-13(8-7-12(11)10-16)18-15-6-4-2-3-5-14(15)17/h7-9,14-15H,2-6,17H2,1H3. The molecule has 0 bridgehead atoms. The van der Waals surface area contributed by atoms with Gasteiger partial charge in [-0.2, -0.15) is 5.26 Å². The predicted molar refractivity (Wildman–Crippen MR) is 71.4 cm³/mol. The van der Waals surface area contributed by atoms with Gasteiger partial charge >= 0.3 is 0 Å². The molecule has 18 heavy (non-hydrogen) atoms. The lowest BCUT2D eigenvalue weighted by molar-refractivity contribution is 0.162. The quantitative estimate of drug-likeness (QED) is 0.814. The van der Waals surface area contributed by atoms with Crippen LogP contribution in [0.4, 0.5) is 0 Å². The highest BCUT2D eigenvalue weighted by Crippen LogP contribution is 2.24. The molecule has 1 aliphatic carbocycles. The minimum atomic E-state index is 0.111. The first-order valence-electron chi connectivity index (χ1n) is 6.63. The van der Waals surface area contributed by atoms with Crippen molar-refractivity contribution in [1.29, 1.82) is 5.26 Å². The summed E-state index contributed by atoms with van der Waals surface area (Å²) in [6.45, 7) is 1.93. The monoisotopic (exact) mass is 244 g/mol. The molecular weight excluding hydrogens is 224 g/mol. The third kappa shape index (κ3) is 3.02. The molecule has 0 spiro atoms. The summed E-state index contributed by atoms with van der Waals surface area (Å²) < 4.78 is 5.99. The number of hydrogen-bond acceptors (Lipinski definition) is 3. The highest BCUT2D eigenvalue weighted by molar-refractivity contribution is 5.41. The molecule has 0 aliphatic heterocycles. The van der Waals surface area contributed by atoms with Crippen LogP contribution in [0.2, 0.25) is 0 Å². The van der Waals surface area contributed by atoms with Gasteiger partial charge < -0.3 is 10.5 Å². The van der Waals surface area contributed by atoms with Crippen LogP contribution in [0.1, 0.15) is 43.2 Å². The van der Waals surface area contributed by atoms with E-state index in [1.807, 2.05) is 25.1 Å². The van der Waals surface area contributed by atoms with Crippen molar-refractivity contribution < 1.29 is 4.74 Å². The zero-order valence-corrected chi connectivity index (χ0v) is 10.9. The van der Waals surface area contributed by atoms with Gasteiger partial charge in [0, 0.05) is 6.04 Å². The maximum Gasteiger partial charge on any atom is 0.120 e. The summed E-state index contributed by atoms with van der Waals surface area (Å²) in [6, 6.07) is 7.90. The topological polar surface area (TPSA) is 59.0 Å². The average Bonchev–Trinajstić information content (AvgIpc) is 2.55. The van der Waals surface area contributed by atoms with Crippen LogP contribution in [0, 0.1) is 18.3 Å². The van der Waals surface area contributed by atoms with E-state index in [0.717, 1.165) is 24.2 Å². The van der Waals surface area contributed by atoms with Crippen LogP contribution in [0.3, 0.4) is 0 Å². The Morgan fingerprint density at radius 2 is 2.06 bits per heavy atom. The number of nitrogens with zero attached hydrogens (tertiary/aromatic N) is 1. The molecule has 2 unspecified atom stereocenters. The van der Waals surface area contributed by atoms with Crippen LogP contribution in [-0.4, -0.2) is 12.1 Å². The molecule has 3 nitrogen and oxygen atoms in total.